The smallest absolute Gasteiger partial charge is 0.122 e. The number of aliphatic hydroxyl groups excluding tert-OH is 1. The highest BCUT2D eigenvalue weighted by atomic mass is 16.5. The SMILES string of the molecule is CC(C)Oc1cccc(C(O)CC=O)c1. The van der Waals surface area contributed by atoms with Crippen LogP contribution in [0.5, 0.6) is 5.75 Å². The van der Waals surface area contributed by atoms with Gasteiger partial charge < -0.3 is 14.6 Å². The van der Waals surface area contributed by atoms with Crippen LogP contribution >= 0.6 is 0 Å². The van der Waals surface area contributed by atoms with Crippen LogP contribution in [-0.4, -0.2) is 17.5 Å². The van der Waals surface area contributed by atoms with E-state index in [1.165, 1.54) is 0 Å². The quantitative estimate of drug-likeness (QED) is 0.754. The van der Waals surface area contributed by atoms with Gasteiger partial charge in [0.2, 0.25) is 0 Å². The number of benzene rings is 1. The molecule has 0 saturated carbocycles. The first-order valence-electron chi connectivity index (χ1n) is 5.01. The first-order chi connectivity index (χ1) is 7.13. The van der Waals surface area contributed by atoms with Gasteiger partial charge in [0.05, 0.1) is 12.2 Å². The van der Waals surface area contributed by atoms with E-state index < -0.39 is 6.10 Å². The van der Waals surface area contributed by atoms with Gasteiger partial charge in [0.25, 0.3) is 0 Å². The van der Waals surface area contributed by atoms with Gasteiger partial charge in [-0.1, -0.05) is 12.1 Å². The number of carbonyl (C=O) groups excluding carboxylic acids is 1. The average molecular weight is 208 g/mol. The largest absolute Gasteiger partial charge is 0.491 e. The molecule has 0 aromatic heterocycles. The molecule has 0 amide bonds. The van der Waals surface area contributed by atoms with Crippen LogP contribution in [0.25, 0.3) is 0 Å². The second-order valence-corrected chi connectivity index (χ2v) is 3.66. The summed E-state index contributed by atoms with van der Waals surface area (Å²) in [6, 6.07) is 7.17. The minimum atomic E-state index is -0.738. The van der Waals surface area contributed by atoms with E-state index in [9.17, 15) is 9.90 Å². The Bertz CT molecular complexity index is 320. The summed E-state index contributed by atoms with van der Waals surface area (Å²) in [5, 5.41) is 9.59. The van der Waals surface area contributed by atoms with Crippen molar-refractivity contribution >= 4 is 6.29 Å². The molecule has 0 aliphatic carbocycles. The van der Waals surface area contributed by atoms with Crippen molar-refractivity contribution in [1.82, 2.24) is 0 Å². The predicted molar refractivity (Wildman–Crippen MR) is 57.8 cm³/mol. The summed E-state index contributed by atoms with van der Waals surface area (Å²) in [6.45, 7) is 3.88. The normalized spacial score (nSPS) is 12.5. The number of rotatable bonds is 5. The van der Waals surface area contributed by atoms with Crippen LogP contribution in [0.3, 0.4) is 0 Å². The Morgan fingerprint density at radius 1 is 1.47 bits per heavy atom. The molecule has 0 heterocycles. The third-order valence-corrected chi connectivity index (χ3v) is 1.93. The van der Waals surface area contributed by atoms with Gasteiger partial charge in [-0.15, -0.1) is 0 Å². The zero-order valence-electron chi connectivity index (χ0n) is 9.01. The van der Waals surface area contributed by atoms with Gasteiger partial charge in [-0.05, 0) is 31.5 Å². The van der Waals surface area contributed by atoms with E-state index >= 15 is 0 Å². The van der Waals surface area contributed by atoms with E-state index in [4.69, 9.17) is 4.74 Å². The molecule has 3 heteroatoms. The van der Waals surface area contributed by atoms with E-state index in [0.717, 1.165) is 0 Å². The zero-order chi connectivity index (χ0) is 11.3. The Morgan fingerprint density at radius 3 is 2.80 bits per heavy atom. The minimum absolute atomic E-state index is 0.100. The van der Waals surface area contributed by atoms with Gasteiger partial charge in [-0.25, -0.2) is 0 Å². The van der Waals surface area contributed by atoms with Crippen molar-refractivity contribution in [2.24, 2.45) is 0 Å². The molecule has 1 N–H and O–H groups in total. The zero-order valence-corrected chi connectivity index (χ0v) is 9.01. The summed E-state index contributed by atoms with van der Waals surface area (Å²) in [5.41, 5.74) is 0.709. The maximum absolute atomic E-state index is 10.3. The van der Waals surface area contributed by atoms with Gasteiger partial charge in [0.1, 0.15) is 12.0 Å². The Hall–Kier alpha value is -1.35. The lowest BCUT2D eigenvalue weighted by molar-refractivity contribution is -0.109. The van der Waals surface area contributed by atoms with Gasteiger partial charge in [-0.3, -0.25) is 0 Å². The van der Waals surface area contributed by atoms with E-state index in [1.807, 2.05) is 19.9 Å². The first-order valence-corrected chi connectivity index (χ1v) is 5.01. The van der Waals surface area contributed by atoms with Crippen LogP contribution in [0.4, 0.5) is 0 Å². The fourth-order valence-electron chi connectivity index (χ4n) is 1.29. The molecule has 15 heavy (non-hydrogen) atoms. The second-order valence-electron chi connectivity index (χ2n) is 3.66. The molecule has 3 nitrogen and oxygen atoms in total. The molecule has 0 saturated heterocycles. The molecule has 0 aliphatic heterocycles. The molecular weight excluding hydrogens is 192 g/mol. The number of ether oxygens (including phenoxy) is 1. The maximum Gasteiger partial charge on any atom is 0.122 e. The molecule has 1 rings (SSSR count). The van der Waals surface area contributed by atoms with Crippen molar-refractivity contribution < 1.29 is 14.6 Å². The van der Waals surface area contributed by atoms with Crippen LogP contribution in [-0.2, 0) is 4.79 Å². The average Bonchev–Trinajstić information content (AvgIpc) is 2.17. The van der Waals surface area contributed by atoms with Crippen molar-refractivity contribution in [1.29, 1.82) is 0 Å². The Kier molecular flexibility index (Phi) is 4.31. The van der Waals surface area contributed by atoms with Crippen LogP contribution in [0.1, 0.15) is 31.9 Å². The third kappa shape index (κ3) is 3.72. The molecule has 1 unspecified atom stereocenters. The number of carbonyl (C=O) groups is 1. The molecular formula is C12H16O3. The summed E-state index contributed by atoms with van der Waals surface area (Å²) in [5.74, 6) is 0.715. The van der Waals surface area contributed by atoms with E-state index in [2.05, 4.69) is 0 Å². The van der Waals surface area contributed by atoms with Gasteiger partial charge in [0.15, 0.2) is 0 Å². The number of hydrogen-bond acceptors (Lipinski definition) is 3. The molecule has 0 radical (unpaired) electrons. The number of aldehydes is 1. The lowest BCUT2D eigenvalue weighted by Gasteiger charge is -2.12. The first kappa shape index (κ1) is 11.7. The Labute approximate surface area is 89.7 Å². The highest BCUT2D eigenvalue weighted by molar-refractivity contribution is 5.51. The molecule has 0 bridgehead atoms. The van der Waals surface area contributed by atoms with Crippen LogP contribution in [0, 0.1) is 0 Å². The summed E-state index contributed by atoms with van der Waals surface area (Å²) in [7, 11) is 0. The van der Waals surface area contributed by atoms with E-state index in [0.29, 0.717) is 17.6 Å². The van der Waals surface area contributed by atoms with Crippen LogP contribution in [0.2, 0.25) is 0 Å². The van der Waals surface area contributed by atoms with Crippen molar-refractivity contribution in [3.05, 3.63) is 29.8 Å². The molecule has 0 aliphatic rings. The summed E-state index contributed by atoms with van der Waals surface area (Å²) in [6.07, 6.45) is 0.188. The monoisotopic (exact) mass is 208 g/mol. The number of hydrogen-bond donors (Lipinski definition) is 1. The molecule has 1 aromatic carbocycles. The van der Waals surface area contributed by atoms with Gasteiger partial charge in [0, 0.05) is 6.42 Å². The Balaban J connectivity index is 2.77. The molecule has 0 fully saturated rings. The summed E-state index contributed by atoms with van der Waals surface area (Å²) >= 11 is 0. The fraction of sp³-hybridized carbons (Fsp3) is 0.417. The Morgan fingerprint density at radius 2 is 2.20 bits per heavy atom. The number of aliphatic hydroxyl groups is 1. The fourth-order valence-corrected chi connectivity index (χ4v) is 1.29. The molecule has 0 spiro atoms. The highest BCUT2D eigenvalue weighted by Crippen LogP contribution is 2.21. The molecule has 82 valence electrons. The highest BCUT2D eigenvalue weighted by Gasteiger charge is 2.07. The van der Waals surface area contributed by atoms with Crippen LogP contribution in [0.15, 0.2) is 24.3 Å². The minimum Gasteiger partial charge on any atom is -0.491 e. The standard InChI is InChI=1S/C12H16O3/c1-9(2)15-11-5-3-4-10(8-11)12(14)6-7-13/h3-5,7-9,12,14H,6H2,1-2H3. The topological polar surface area (TPSA) is 46.5 Å². The summed E-state index contributed by atoms with van der Waals surface area (Å²) in [4.78, 5) is 10.3. The van der Waals surface area contributed by atoms with Crippen molar-refractivity contribution in [3.63, 3.8) is 0 Å². The third-order valence-electron chi connectivity index (χ3n) is 1.93. The lowest BCUT2D eigenvalue weighted by Crippen LogP contribution is -2.06. The van der Waals surface area contributed by atoms with E-state index in [1.54, 1.807) is 18.2 Å². The van der Waals surface area contributed by atoms with Crippen molar-refractivity contribution in [2.45, 2.75) is 32.5 Å². The van der Waals surface area contributed by atoms with Crippen molar-refractivity contribution in [2.75, 3.05) is 0 Å². The van der Waals surface area contributed by atoms with E-state index in [-0.39, 0.29) is 12.5 Å². The molecule has 1 atom stereocenters. The molecule has 1 aromatic rings. The van der Waals surface area contributed by atoms with Crippen LogP contribution < -0.4 is 4.74 Å². The van der Waals surface area contributed by atoms with Gasteiger partial charge >= 0.3 is 0 Å². The van der Waals surface area contributed by atoms with Gasteiger partial charge in [-0.2, -0.15) is 0 Å². The lowest BCUT2D eigenvalue weighted by atomic mass is 10.1. The second kappa shape index (κ2) is 5.51. The van der Waals surface area contributed by atoms with Crippen molar-refractivity contribution in [3.8, 4) is 5.75 Å². The predicted octanol–water partition coefficient (Wildman–Crippen LogP) is 2.10. The summed E-state index contributed by atoms with van der Waals surface area (Å²) < 4.78 is 5.48. The maximum atomic E-state index is 10.3.